The number of thiophene rings is 1. The van der Waals surface area contributed by atoms with E-state index in [-0.39, 0.29) is 17.4 Å². The van der Waals surface area contributed by atoms with Crippen molar-refractivity contribution in [3.8, 4) is 0 Å². The summed E-state index contributed by atoms with van der Waals surface area (Å²) in [6, 6.07) is 10.6. The number of nitrogens with two attached hydrogens (primary N) is 1. The molecule has 33 heavy (non-hydrogen) atoms. The number of aromatic nitrogens is 3. The molecule has 3 heterocycles. The summed E-state index contributed by atoms with van der Waals surface area (Å²) in [4.78, 5) is 25.8. The zero-order chi connectivity index (χ0) is 23.1. The Kier molecular flexibility index (Phi) is 5.39. The molecule has 5 rings (SSSR count). The van der Waals surface area contributed by atoms with Crippen molar-refractivity contribution in [2.75, 3.05) is 11.1 Å². The molecule has 0 aliphatic rings. The zero-order valence-corrected chi connectivity index (χ0v) is 19.0. The van der Waals surface area contributed by atoms with Crippen molar-refractivity contribution in [3.63, 3.8) is 0 Å². The van der Waals surface area contributed by atoms with Gasteiger partial charge in [0.1, 0.15) is 18.0 Å². The number of aryl methyl sites for hydroxylation is 1. The SMILES string of the molecule is Cc1ccc2c(Cc3cccc(Cl)c3F)nccc2c1NC(=O)c1csc2c(N)ncnc12. The Bertz CT molecular complexity index is 1550. The molecular formula is C24H17ClFN5OS. The number of nitrogen functional groups attached to an aromatic ring is 1. The normalized spacial score (nSPS) is 11.2. The van der Waals surface area contributed by atoms with E-state index < -0.39 is 5.82 Å². The molecule has 6 nitrogen and oxygen atoms in total. The van der Waals surface area contributed by atoms with E-state index in [1.807, 2.05) is 25.1 Å². The van der Waals surface area contributed by atoms with Crippen LogP contribution in [-0.2, 0) is 6.42 Å². The highest BCUT2D eigenvalue weighted by molar-refractivity contribution is 7.18. The van der Waals surface area contributed by atoms with Gasteiger partial charge in [0.2, 0.25) is 0 Å². The van der Waals surface area contributed by atoms with E-state index in [0.29, 0.717) is 38.5 Å². The molecule has 0 saturated heterocycles. The van der Waals surface area contributed by atoms with Crippen molar-refractivity contribution < 1.29 is 9.18 Å². The number of carbonyl (C=O) groups excluding carboxylic acids is 1. The molecule has 2 aromatic carbocycles. The van der Waals surface area contributed by atoms with Crippen LogP contribution in [0.4, 0.5) is 15.9 Å². The van der Waals surface area contributed by atoms with Crippen LogP contribution in [0.2, 0.25) is 5.02 Å². The number of benzene rings is 2. The Balaban J connectivity index is 1.55. The van der Waals surface area contributed by atoms with Gasteiger partial charge in [0, 0.05) is 28.8 Å². The number of halogens is 2. The second-order valence-electron chi connectivity index (χ2n) is 7.54. The molecule has 0 aliphatic heterocycles. The Morgan fingerprint density at radius 1 is 1.15 bits per heavy atom. The van der Waals surface area contributed by atoms with Gasteiger partial charge in [-0.2, -0.15) is 0 Å². The number of hydrogen-bond donors (Lipinski definition) is 2. The van der Waals surface area contributed by atoms with Crippen LogP contribution in [-0.4, -0.2) is 20.9 Å². The predicted molar refractivity (Wildman–Crippen MR) is 130 cm³/mol. The van der Waals surface area contributed by atoms with E-state index in [0.717, 1.165) is 16.3 Å². The first kappa shape index (κ1) is 21.2. The highest BCUT2D eigenvalue weighted by atomic mass is 35.5. The van der Waals surface area contributed by atoms with Crippen molar-refractivity contribution in [3.05, 3.63) is 87.5 Å². The minimum atomic E-state index is -0.454. The van der Waals surface area contributed by atoms with Crippen molar-refractivity contribution >= 4 is 61.3 Å². The van der Waals surface area contributed by atoms with Crippen LogP contribution in [0.25, 0.3) is 21.0 Å². The molecule has 0 aliphatic carbocycles. The number of fused-ring (bicyclic) bond motifs is 2. The Hall–Kier alpha value is -3.62. The standard InChI is InChI=1S/C24H17ClFN5OS/c1-12-5-6-14-15(7-8-28-18(14)9-13-3-2-4-17(25)19(13)26)20(12)31-24(32)16-10-33-22-21(16)29-11-30-23(22)27/h2-8,10-11H,9H2,1H3,(H,31,32)(H2,27,29,30). The molecule has 3 N–H and O–H groups in total. The molecule has 0 saturated carbocycles. The van der Waals surface area contributed by atoms with Gasteiger partial charge in [-0.3, -0.25) is 9.78 Å². The number of nitrogens with zero attached hydrogens (tertiary/aromatic N) is 3. The first-order valence-electron chi connectivity index (χ1n) is 10.0. The first-order chi connectivity index (χ1) is 15.9. The second-order valence-corrected chi connectivity index (χ2v) is 8.83. The third-order valence-corrected chi connectivity index (χ3v) is 6.77. The molecule has 0 bridgehead atoms. The molecule has 164 valence electrons. The van der Waals surface area contributed by atoms with Gasteiger partial charge in [-0.05, 0) is 30.2 Å². The summed E-state index contributed by atoms with van der Waals surface area (Å²) in [5.41, 5.74) is 9.53. The number of carbonyl (C=O) groups is 1. The van der Waals surface area contributed by atoms with E-state index in [2.05, 4.69) is 20.3 Å². The van der Waals surface area contributed by atoms with Gasteiger partial charge in [0.25, 0.3) is 5.91 Å². The molecule has 1 amide bonds. The number of nitrogens with one attached hydrogen (secondary N) is 1. The lowest BCUT2D eigenvalue weighted by atomic mass is 10.00. The van der Waals surface area contributed by atoms with Crippen molar-refractivity contribution in [1.29, 1.82) is 0 Å². The molecule has 0 atom stereocenters. The summed E-state index contributed by atoms with van der Waals surface area (Å²) in [5.74, 6) is -0.409. The highest BCUT2D eigenvalue weighted by Crippen LogP contribution is 2.32. The van der Waals surface area contributed by atoms with Crippen LogP contribution in [0.1, 0.15) is 27.2 Å². The molecule has 0 fully saturated rings. The first-order valence-corrected chi connectivity index (χ1v) is 11.3. The molecule has 0 unspecified atom stereocenters. The number of pyridine rings is 1. The minimum absolute atomic E-state index is 0.0731. The fourth-order valence-electron chi connectivity index (χ4n) is 3.81. The average molecular weight is 478 g/mol. The summed E-state index contributed by atoms with van der Waals surface area (Å²) in [6.07, 6.45) is 3.27. The smallest absolute Gasteiger partial charge is 0.258 e. The quantitative estimate of drug-likeness (QED) is 0.343. The largest absolute Gasteiger partial charge is 0.382 e. The third kappa shape index (κ3) is 3.77. The summed E-state index contributed by atoms with van der Waals surface area (Å²) >= 11 is 7.27. The maximum absolute atomic E-state index is 14.5. The number of amides is 1. The van der Waals surface area contributed by atoms with Crippen LogP contribution >= 0.6 is 22.9 Å². The predicted octanol–water partition coefficient (Wildman–Crippen LogP) is 5.77. The van der Waals surface area contributed by atoms with Gasteiger partial charge < -0.3 is 11.1 Å². The van der Waals surface area contributed by atoms with Gasteiger partial charge in [-0.1, -0.05) is 35.9 Å². The lowest BCUT2D eigenvalue weighted by molar-refractivity contribution is 0.102. The average Bonchev–Trinajstić information content (AvgIpc) is 3.24. The van der Waals surface area contributed by atoms with Crippen LogP contribution in [0, 0.1) is 12.7 Å². The van der Waals surface area contributed by atoms with E-state index in [9.17, 15) is 9.18 Å². The van der Waals surface area contributed by atoms with Crippen LogP contribution in [0.5, 0.6) is 0 Å². The van der Waals surface area contributed by atoms with Crippen molar-refractivity contribution in [2.45, 2.75) is 13.3 Å². The molecule has 0 spiro atoms. The summed E-state index contributed by atoms with van der Waals surface area (Å²) in [7, 11) is 0. The molecule has 5 aromatic rings. The Morgan fingerprint density at radius 3 is 2.85 bits per heavy atom. The van der Waals surface area contributed by atoms with Gasteiger partial charge >= 0.3 is 0 Å². The number of hydrogen-bond acceptors (Lipinski definition) is 6. The summed E-state index contributed by atoms with van der Waals surface area (Å²) in [5, 5.41) is 6.45. The van der Waals surface area contributed by atoms with Crippen molar-refractivity contribution in [2.24, 2.45) is 0 Å². The lowest BCUT2D eigenvalue weighted by Crippen LogP contribution is -2.13. The number of rotatable bonds is 4. The van der Waals surface area contributed by atoms with Crippen molar-refractivity contribution in [1.82, 2.24) is 15.0 Å². The maximum atomic E-state index is 14.5. The van der Waals surface area contributed by atoms with Gasteiger partial charge in [-0.15, -0.1) is 11.3 Å². The molecule has 3 aromatic heterocycles. The van der Waals surface area contributed by atoms with E-state index in [1.165, 1.54) is 23.7 Å². The minimum Gasteiger partial charge on any atom is -0.382 e. The van der Waals surface area contributed by atoms with Crippen LogP contribution < -0.4 is 11.1 Å². The fourth-order valence-corrected chi connectivity index (χ4v) is 4.90. The zero-order valence-electron chi connectivity index (χ0n) is 17.4. The summed E-state index contributed by atoms with van der Waals surface area (Å²) in [6.45, 7) is 1.91. The van der Waals surface area contributed by atoms with Crippen LogP contribution in [0.3, 0.4) is 0 Å². The second kappa shape index (κ2) is 8.38. The summed E-state index contributed by atoms with van der Waals surface area (Å²) < 4.78 is 15.2. The van der Waals surface area contributed by atoms with E-state index >= 15 is 0 Å². The maximum Gasteiger partial charge on any atom is 0.258 e. The Labute approximate surface area is 197 Å². The molecule has 9 heteroatoms. The van der Waals surface area contributed by atoms with E-state index in [4.69, 9.17) is 17.3 Å². The monoisotopic (exact) mass is 477 g/mol. The number of anilines is 2. The highest BCUT2D eigenvalue weighted by Gasteiger charge is 2.18. The van der Waals surface area contributed by atoms with Gasteiger partial charge in [0.15, 0.2) is 0 Å². The topological polar surface area (TPSA) is 93.8 Å². The molecular weight excluding hydrogens is 461 g/mol. The van der Waals surface area contributed by atoms with Gasteiger partial charge in [0.05, 0.1) is 32.2 Å². The molecule has 0 radical (unpaired) electrons. The fraction of sp³-hybridized carbons (Fsp3) is 0.0833. The van der Waals surface area contributed by atoms with E-state index in [1.54, 1.807) is 23.7 Å². The van der Waals surface area contributed by atoms with Crippen LogP contribution in [0.15, 0.2) is 54.3 Å². The third-order valence-electron chi connectivity index (χ3n) is 5.49. The lowest BCUT2D eigenvalue weighted by Gasteiger charge is -2.14. The Morgan fingerprint density at radius 2 is 2.00 bits per heavy atom. The van der Waals surface area contributed by atoms with Gasteiger partial charge in [-0.25, -0.2) is 14.4 Å².